The fraction of sp³-hybridized carbons (Fsp3) is 0.250. The molecule has 1 amide bonds. The number of likely N-dealkylation sites (N-methyl/N-ethyl adjacent to an activating group) is 1. The van der Waals surface area contributed by atoms with Crippen LogP contribution in [-0.4, -0.2) is 58.0 Å². The summed E-state index contributed by atoms with van der Waals surface area (Å²) in [6.07, 6.45) is 8.95. The molecule has 0 saturated carbocycles. The summed E-state index contributed by atoms with van der Waals surface area (Å²) in [6, 6.07) is 25.1. The SMILES string of the molecule is COCCN(C)C(=O)c1cn(Cc2cncn2CCCSc2ccccc2)cc1-c1cccc2ccccc12. The Morgan fingerprint density at radius 3 is 2.62 bits per heavy atom. The van der Waals surface area contributed by atoms with Crippen molar-refractivity contribution in [2.24, 2.45) is 0 Å². The maximum atomic E-state index is 13.6. The van der Waals surface area contributed by atoms with Gasteiger partial charge in [0, 0.05) is 56.3 Å². The predicted molar refractivity (Wildman–Crippen MR) is 159 cm³/mol. The summed E-state index contributed by atoms with van der Waals surface area (Å²) in [5.74, 6) is 1.03. The standard InChI is InChI=1S/C32H34N4O2S/c1-34(17-18-38-2)32(37)31-23-35(22-30(31)29-15-8-11-25-10-6-7-14-28(25)29)21-26-20-33-24-36(26)16-9-19-39-27-12-4-3-5-13-27/h3-8,10-15,20,22-24H,9,16-19,21H2,1-2H3. The van der Waals surface area contributed by atoms with Crippen molar-refractivity contribution in [2.75, 3.05) is 33.1 Å². The van der Waals surface area contributed by atoms with Crippen LogP contribution < -0.4 is 0 Å². The average molecular weight is 539 g/mol. The molecule has 0 atom stereocenters. The van der Waals surface area contributed by atoms with Gasteiger partial charge in [0.1, 0.15) is 0 Å². The number of thioether (sulfide) groups is 1. The van der Waals surface area contributed by atoms with E-state index in [1.807, 2.05) is 55.7 Å². The first-order chi connectivity index (χ1) is 19.1. The van der Waals surface area contributed by atoms with Gasteiger partial charge in [-0.25, -0.2) is 4.98 Å². The molecule has 0 radical (unpaired) electrons. The topological polar surface area (TPSA) is 52.3 Å². The van der Waals surface area contributed by atoms with Crippen LogP contribution in [0.25, 0.3) is 21.9 Å². The number of aromatic nitrogens is 3. The van der Waals surface area contributed by atoms with E-state index in [1.165, 1.54) is 4.90 Å². The summed E-state index contributed by atoms with van der Waals surface area (Å²) >= 11 is 1.88. The number of hydrogen-bond donors (Lipinski definition) is 0. The second-order valence-electron chi connectivity index (χ2n) is 9.60. The van der Waals surface area contributed by atoms with Crippen molar-refractivity contribution in [3.63, 3.8) is 0 Å². The number of hydrogen-bond acceptors (Lipinski definition) is 4. The Bertz CT molecular complexity index is 1520. The van der Waals surface area contributed by atoms with Crippen LogP contribution in [0.15, 0.2) is 103 Å². The summed E-state index contributed by atoms with van der Waals surface area (Å²) in [7, 11) is 3.48. The second kappa shape index (κ2) is 12.8. The Morgan fingerprint density at radius 1 is 0.974 bits per heavy atom. The van der Waals surface area contributed by atoms with Crippen LogP contribution in [-0.2, 0) is 17.8 Å². The van der Waals surface area contributed by atoms with E-state index in [-0.39, 0.29) is 5.91 Å². The highest BCUT2D eigenvalue weighted by Crippen LogP contribution is 2.32. The van der Waals surface area contributed by atoms with E-state index in [1.54, 1.807) is 12.0 Å². The molecular weight excluding hydrogens is 504 g/mol. The van der Waals surface area contributed by atoms with Crippen LogP contribution in [0, 0.1) is 0 Å². The van der Waals surface area contributed by atoms with Gasteiger partial charge in [-0.15, -0.1) is 11.8 Å². The molecule has 0 aliphatic heterocycles. The first-order valence-electron chi connectivity index (χ1n) is 13.2. The van der Waals surface area contributed by atoms with Crippen LogP contribution in [0.4, 0.5) is 0 Å². The average Bonchev–Trinajstić information content (AvgIpc) is 3.60. The number of methoxy groups -OCH3 is 1. The molecule has 2 heterocycles. The molecule has 0 saturated heterocycles. The molecule has 0 N–H and O–H groups in total. The minimum atomic E-state index is -0.0137. The van der Waals surface area contributed by atoms with Crippen molar-refractivity contribution >= 4 is 28.4 Å². The van der Waals surface area contributed by atoms with Crippen LogP contribution >= 0.6 is 11.8 Å². The Hall–Kier alpha value is -3.81. The van der Waals surface area contributed by atoms with E-state index in [0.717, 1.165) is 46.3 Å². The van der Waals surface area contributed by atoms with Gasteiger partial charge in [0.2, 0.25) is 0 Å². The lowest BCUT2D eigenvalue weighted by molar-refractivity contribution is 0.0745. The van der Waals surface area contributed by atoms with Crippen molar-refractivity contribution in [1.82, 2.24) is 19.0 Å². The molecule has 6 nitrogen and oxygen atoms in total. The number of rotatable bonds is 12. The van der Waals surface area contributed by atoms with Gasteiger partial charge in [-0.2, -0.15) is 0 Å². The Labute approximate surface area is 234 Å². The maximum Gasteiger partial charge on any atom is 0.255 e. The van der Waals surface area contributed by atoms with Gasteiger partial charge < -0.3 is 18.8 Å². The first-order valence-corrected chi connectivity index (χ1v) is 14.2. The third-order valence-corrected chi connectivity index (χ3v) is 7.96. The molecule has 200 valence electrons. The minimum Gasteiger partial charge on any atom is -0.383 e. The number of nitrogens with zero attached hydrogens (tertiary/aromatic N) is 4. The molecule has 2 aromatic heterocycles. The highest BCUT2D eigenvalue weighted by Gasteiger charge is 2.21. The van der Waals surface area contributed by atoms with Gasteiger partial charge in [-0.1, -0.05) is 60.7 Å². The van der Waals surface area contributed by atoms with Gasteiger partial charge in [0.05, 0.1) is 30.7 Å². The van der Waals surface area contributed by atoms with E-state index in [2.05, 4.69) is 74.9 Å². The summed E-state index contributed by atoms with van der Waals surface area (Å²) in [6.45, 7) is 2.56. The number of aryl methyl sites for hydroxylation is 1. The zero-order valence-corrected chi connectivity index (χ0v) is 23.3. The van der Waals surface area contributed by atoms with E-state index in [4.69, 9.17) is 4.74 Å². The molecular formula is C32H34N4O2S. The Morgan fingerprint density at radius 2 is 1.77 bits per heavy atom. The number of fused-ring (bicyclic) bond motifs is 1. The largest absolute Gasteiger partial charge is 0.383 e. The molecule has 3 aromatic carbocycles. The van der Waals surface area contributed by atoms with Crippen molar-refractivity contribution in [1.29, 1.82) is 0 Å². The van der Waals surface area contributed by atoms with Crippen LogP contribution in [0.5, 0.6) is 0 Å². The monoisotopic (exact) mass is 538 g/mol. The van der Waals surface area contributed by atoms with E-state index >= 15 is 0 Å². The molecule has 7 heteroatoms. The van der Waals surface area contributed by atoms with Crippen LogP contribution in [0.2, 0.25) is 0 Å². The normalized spacial score (nSPS) is 11.2. The fourth-order valence-corrected chi connectivity index (χ4v) is 5.65. The van der Waals surface area contributed by atoms with E-state index < -0.39 is 0 Å². The number of ether oxygens (including phenoxy) is 1. The maximum absolute atomic E-state index is 13.6. The van der Waals surface area contributed by atoms with Gasteiger partial charge in [-0.05, 0) is 40.6 Å². The molecule has 0 aliphatic carbocycles. The van der Waals surface area contributed by atoms with Crippen molar-refractivity contribution in [3.05, 3.63) is 109 Å². The summed E-state index contributed by atoms with van der Waals surface area (Å²) < 4.78 is 9.54. The number of benzene rings is 3. The van der Waals surface area contributed by atoms with Crippen molar-refractivity contribution in [3.8, 4) is 11.1 Å². The van der Waals surface area contributed by atoms with Gasteiger partial charge in [0.25, 0.3) is 5.91 Å². The summed E-state index contributed by atoms with van der Waals surface area (Å²) in [5, 5.41) is 2.28. The lowest BCUT2D eigenvalue weighted by Gasteiger charge is -2.17. The molecule has 5 rings (SSSR count). The number of imidazole rings is 1. The Balaban J connectivity index is 1.39. The number of carbonyl (C=O) groups is 1. The third-order valence-electron chi connectivity index (χ3n) is 6.87. The molecule has 0 bridgehead atoms. The first kappa shape index (κ1) is 26.8. The summed E-state index contributed by atoms with van der Waals surface area (Å²) in [4.78, 5) is 21.1. The van der Waals surface area contributed by atoms with Crippen LogP contribution in [0.1, 0.15) is 22.5 Å². The quantitative estimate of drug-likeness (QED) is 0.135. The van der Waals surface area contributed by atoms with Crippen molar-refractivity contribution in [2.45, 2.75) is 24.4 Å². The highest BCUT2D eigenvalue weighted by molar-refractivity contribution is 7.99. The number of amides is 1. The lowest BCUT2D eigenvalue weighted by Crippen LogP contribution is -2.30. The highest BCUT2D eigenvalue weighted by atomic mass is 32.2. The molecule has 0 aliphatic rings. The van der Waals surface area contributed by atoms with E-state index in [9.17, 15) is 4.79 Å². The van der Waals surface area contributed by atoms with Crippen molar-refractivity contribution < 1.29 is 9.53 Å². The van der Waals surface area contributed by atoms with E-state index in [0.29, 0.717) is 25.3 Å². The zero-order chi connectivity index (χ0) is 27.0. The molecule has 39 heavy (non-hydrogen) atoms. The predicted octanol–water partition coefficient (Wildman–Crippen LogP) is 6.45. The zero-order valence-electron chi connectivity index (χ0n) is 22.5. The van der Waals surface area contributed by atoms with Gasteiger partial charge in [0.15, 0.2) is 0 Å². The van der Waals surface area contributed by atoms with Gasteiger partial charge in [-0.3, -0.25) is 4.79 Å². The Kier molecular flexibility index (Phi) is 8.81. The molecule has 0 fully saturated rings. The molecule has 5 aromatic rings. The fourth-order valence-electron chi connectivity index (χ4n) is 4.79. The smallest absolute Gasteiger partial charge is 0.255 e. The number of carbonyl (C=O) groups excluding carboxylic acids is 1. The van der Waals surface area contributed by atoms with Gasteiger partial charge >= 0.3 is 0 Å². The minimum absolute atomic E-state index is 0.0137. The summed E-state index contributed by atoms with van der Waals surface area (Å²) in [5.41, 5.74) is 3.80. The molecule has 0 spiro atoms. The third kappa shape index (κ3) is 6.44. The second-order valence-corrected chi connectivity index (χ2v) is 10.8. The molecule has 0 unspecified atom stereocenters. The lowest BCUT2D eigenvalue weighted by atomic mass is 9.97. The van der Waals surface area contributed by atoms with Crippen LogP contribution in [0.3, 0.4) is 0 Å².